The number of rotatable bonds is 1. The van der Waals surface area contributed by atoms with Gasteiger partial charge in [0.2, 0.25) is 5.91 Å². The lowest BCUT2D eigenvalue weighted by molar-refractivity contribution is -0.130. The number of hydrogen-bond acceptors (Lipinski definition) is 2. The van der Waals surface area contributed by atoms with Crippen molar-refractivity contribution in [2.45, 2.75) is 6.92 Å². The Morgan fingerprint density at radius 3 is 2.45 bits per heavy atom. The Hall–Kier alpha value is -1.50. The quantitative estimate of drug-likeness (QED) is 0.522. The van der Waals surface area contributed by atoms with Crippen LogP contribution in [0, 0.1) is 11.8 Å². The van der Waals surface area contributed by atoms with E-state index >= 15 is 0 Å². The normalized spacial score (nSPS) is 7.82. The number of hydrogen-bond donors (Lipinski definition) is 1. The SMILES string of the molecule is CC(=O)N(C)CC#CC(=O)O. The Bertz CT molecular complexity index is 224. The number of nitrogens with zero attached hydrogens (tertiary/aromatic N) is 1. The van der Waals surface area contributed by atoms with Gasteiger partial charge in [0.1, 0.15) is 0 Å². The van der Waals surface area contributed by atoms with E-state index in [2.05, 4.69) is 5.92 Å². The number of carbonyl (C=O) groups is 2. The fourth-order valence-corrected chi connectivity index (χ4v) is 0.345. The van der Waals surface area contributed by atoms with Crippen LogP contribution in [-0.4, -0.2) is 35.5 Å². The first-order valence-electron chi connectivity index (χ1n) is 2.97. The molecule has 4 heteroatoms. The monoisotopic (exact) mass is 155 g/mol. The summed E-state index contributed by atoms with van der Waals surface area (Å²) in [7, 11) is 1.55. The second-order valence-corrected chi connectivity index (χ2v) is 1.98. The van der Waals surface area contributed by atoms with Crippen molar-refractivity contribution in [2.75, 3.05) is 13.6 Å². The van der Waals surface area contributed by atoms with Gasteiger partial charge in [-0.2, -0.15) is 0 Å². The molecule has 60 valence electrons. The van der Waals surface area contributed by atoms with Crippen molar-refractivity contribution in [3.63, 3.8) is 0 Å². The summed E-state index contributed by atoms with van der Waals surface area (Å²) in [5.74, 6) is 2.91. The smallest absolute Gasteiger partial charge is 0.381 e. The van der Waals surface area contributed by atoms with Gasteiger partial charge < -0.3 is 10.0 Å². The maximum Gasteiger partial charge on any atom is 0.381 e. The molecule has 11 heavy (non-hydrogen) atoms. The molecule has 4 nitrogen and oxygen atoms in total. The molecule has 1 N–H and O–H groups in total. The van der Waals surface area contributed by atoms with Gasteiger partial charge in [0.05, 0.1) is 6.54 Å². The van der Waals surface area contributed by atoms with Crippen LogP contribution in [0.15, 0.2) is 0 Å². The highest BCUT2D eigenvalue weighted by Crippen LogP contribution is 1.79. The summed E-state index contributed by atoms with van der Waals surface area (Å²) in [5, 5.41) is 8.09. The molecule has 0 rings (SSSR count). The molecule has 0 aliphatic carbocycles. The fraction of sp³-hybridized carbons (Fsp3) is 0.429. The Kier molecular flexibility index (Phi) is 3.75. The van der Waals surface area contributed by atoms with E-state index in [1.165, 1.54) is 11.8 Å². The number of carboxylic acids is 1. The van der Waals surface area contributed by atoms with Crippen molar-refractivity contribution in [1.82, 2.24) is 4.90 Å². The molecule has 0 radical (unpaired) electrons. The van der Waals surface area contributed by atoms with Crippen molar-refractivity contribution in [2.24, 2.45) is 0 Å². The summed E-state index contributed by atoms with van der Waals surface area (Å²) in [4.78, 5) is 21.7. The van der Waals surface area contributed by atoms with Crippen LogP contribution in [0.2, 0.25) is 0 Å². The molecular formula is C7H9NO3. The van der Waals surface area contributed by atoms with E-state index < -0.39 is 5.97 Å². The molecule has 0 unspecified atom stereocenters. The Morgan fingerprint density at radius 2 is 2.09 bits per heavy atom. The molecule has 0 aromatic carbocycles. The van der Waals surface area contributed by atoms with E-state index in [4.69, 9.17) is 5.11 Å². The van der Waals surface area contributed by atoms with E-state index in [-0.39, 0.29) is 12.5 Å². The largest absolute Gasteiger partial charge is 0.472 e. The van der Waals surface area contributed by atoms with E-state index in [1.54, 1.807) is 7.05 Å². The van der Waals surface area contributed by atoms with Crippen LogP contribution in [0.4, 0.5) is 0 Å². The van der Waals surface area contributed by atoms with Gasteiger partial charge in [-0.25, -0.2) is 4.79 Å². The van der Waals surface area contributed by atoms with Crippen LogP contribution < -0.4 is 0 Å². The van der Waals surface area contributed by atoms with Crippen LogP contribution in [0.25, 0.3) is 0 Å². The first-order valence-corrected chi connectivity index (χ1v) is 2.97. The zero-order valence-corrected chi connectivity index (χ0v) is 6.42. The maximum absolute atomic E-state index is 10.5. The lowest BCUT2D eigenvalue weighted by Crippen LogP contribution is -2.23. The second kappa shape index (κ2) is 4.34. The molecule has 0 fully saturated rings. The fourth-order valence-electron chi connectivity index (χ4n) is 0.345. The summed E-state index contributed by atoms with van der Waals surface area (Å²) in [6.45, 7) is 1.55. The summed E-state index contributed by atoms with van der Waals surface area (Å²) < 4.78 is 0. The molecule has 0 aliphatic heterocycles. The molecule has 0 saturated carbocycles. The highest BCUT2D eigenvalue weighted by molar-refractivity contribution is 5.86. The van der Waals surface area contributed by atoms with Crippen molar-refractivity contribution in [3.05, 3.63) is 0 Å². The molecular weight excluding hydrogens is 146 g/mol. The zero-order valence-electron chi connectivity index (χ0n) is 6.42. The third-order valence-corrected chi connectivity index (χ3v) is 1.05. The van der Waals surface area contributed by atoms with E-state index in [9.17, 15) is 9.59 Å². The summed E-state index contributed by atoms with van der Waals surface area (Å²) in [6, 6.07) is 0. The lowest BCUT2D eigenvalue weighted by Gasteiger charge is -2.08. The summed E-state index contributed by atoms with van der Waals surface area (Å²) in [6.07, 6.45) is 0. The van der Waals surface area contributed by atoms with Gasteiger partial charge in [-0.15, -0.1) is 0 Å². The Balaban J connectivity index is 3.82. The number of carbonyl (C=O) groups excluding carboxylic acids is 1. The van der Waals surface area contributed by atoms with Crippen LogP contribution in [-0.2, 0) is 9.59 Å². The number of aliphatic carboxylic acids is 1. The molecule has 0 saturated heterocycles. The van der Waals surface area contributed by atoms with Gasteiger partial charge in [-0.05, 0) is 0 Å². The first kappa shape index (κ1) is 9.50. The minimum absolute atomic E-state index is 0.135. The van der Waals surface area contributed by atoms with Gasteiger partial charge in [-0.3, -0.25) is 4.79 Å². The predicted octanol–water partition coefficient (Wildman–Crippen LogP) is -0.447. The minimum atomic E-state index is -1.18. The number of amides is 1. The van der Waals surface area contributed by atoms with E-state index in [1.807, 2.05) is 5.92 Å². The van der Waals surface area contributed by atoms with Crippen molar-refractivity contribution in [3.8, 4) is 11.8 Å². The van der Waals surface area contributed by atoms with Gasteiger partial charge in [-0.1, -0.05) is 5.92 Å². The standard InChI is InChI=1S/C7H9NO3/c1-6(9)8(2)5-3-4-7(10)11/h5H2,1-2H3,(H,10,11). The molecule has 0 aliphatic rings. The van der Waals surface area contributed by atoms with Gasteiger partial charge in [0.25, 0.3) is 0 Å². The third-order valence-electron chi connectivity index (χ3n) is 1.05. The second-order valence-electron chi connectivity index (χ2n) is 1.98. The Labute approximate surface area is 64.8 Å². The summed E-state index contributed by atoms with van der Waals surface area (Å²) >= 11 is 0. The predicted molar refractivity (Wildman–Crippen MR) is 38.7 cm³/mol. The zero-order chi connectivity index (χ0) is 8.85. The third kappa shape index (κ3) is 4.97. The lowest BCUT2D eigenvalue weighted by atomic mass is 10.5. The van der Waals surface area contributed by atoms with E-state index in [0.717, 1.165) is 0 Å². The van der Waals surface area contributed by atoms with Crippen LogP contribution in [0.3, 0.4) is 0 Å². The van der Waals surface area contributed by atoms with Crippen molar-refractivity contribution >= 4 is 11.9 Å². The molecule has 0 bridgehead atoms. The average Bonchev–Trinajstić information content (AvgIpc) is 1.86. The average molecular weight is 155 g/mol. The van der Waals surface area contributed by atoms with Crippen LogP contribution in [0.1, 0.15) is 6.92 Å². The molecule has 0 heterocycles. The maximum atomic E-state index is 10.5. The van der Waals surface area contributed by atoms with Gasteiger partial charge in [0.15, 0.2) is 0 Å². The first-order chi connectivity index (χ1) is 5.04. The van der Waals surface area contributed by atoms with Gasteiger partial charge >= 0.3 is 5.97 Å². The minimum Gasteiger partial charge on any atom is -0.472 e. The van der Waals surface area contributed by atoms with Gasteiger partial charge in [0, 0.05) is 19.9 Å². The molecule has 0 atom stereocenters. The molecule has 0 aromatic heterocycles. The molecule has 0 spiro atoms. The van der Waals surface area contributed by atoms with E-state index in [0.29, 0.717) is 0 Å². The van der Waals surface area contributed by atoms with Crippen molar-refractivity contribution < 1.29 is 14.7 Å². The number of carboxylic acid groups (broad SMARTS) is 1. The Morgan fingerprint density at radius 1 is 1.55 bits per heavy atom. The highest BCUT2D eigenvalue weighted by atomic mass is 16.4. The molecule has 1 amide bonds. The summed E-state index contributed by atoms with van der Waals surface area (Å²) in [5.41, 5.74) is 0. The topological polar surface area (TPSA) is 57.6 Å². The molecule has 0 aromatic rings. The highest BCUT2D eigenvalue weighted by Gasteiger charge is 1.97. The van der Waals surface area contributed by atoms with Crippen molar-refractivity contribution in [1.29, 1.82) is 0 Å². The van der Waals surface area contributed by atoms with Crippen LogP contribution >= 0.6 is 0 Å². The van der Waals surface area contributed by atoms with Crippen LogP contribution in [0.5, 0.6) is 0 Å².